The molecule has 0 atom stereocenters. The lowest BCUT2D eigenvalue weighted by atomic mass is 9.86. The number of ether oxygens (including phenoxy) is 1. The van der Waals surface area contributed by atoms with Crippen LogP contribution in [0.4, 0.5) is 11.5 Å². The third-order valence-corrected chi connectivity index (χ3v) is 6.29. The SMILES string of the molecule is CC(C)(C)c1ccc(C(=O)Nc2ccc(Cl)cc2C(=O)Nc2ccccn2)c(OC2CCNCC2)c1.Cl. The number of halogens is 2. The second-order valence-corrected chi connectivity index (χ2v) is 10.3. The molecule has 37 heavy (non-hydrogen) atoms. The molecule has 2 amide bonds. The highest BCUT2D eigenvalue weighted by atomic mass is 35.5. The smallest absolute Gasteiger partial charge is 0.259 e. The van der Waals surface area contributed by atoms with Crippen molar-refractivity contribution in [3.8, 4) is 5.75 Å². The molecule has 3 N–H and O–H groups in total. The molecule has 0 spiro atoms. The molecule has 1 fully saturated rings. The number of hydrogen-bond acceptors (Lipinski definition) is 5. The van der Waals surface area contributed by atoms with Gasteiger partial charge in [-0.15, -0.1) is 12.4 Å². The molecule has 1 aromatic heterocycles. The van der Waals surface area contributed by atoms with Gasteiger partial charge in [-0.05, 0) is 79.4 Å². The van der Waals surface area contributed by atoms with Gasteiger partial charge in [-0.3, -0.25) is 9.59 Å². The molecule has 4 rings (SSSR count). The predicted octanol–water partition coefficient (Wildman–Crippen LogP) is 6.09. The summed E-state index contributed by atoms with van der Waals surface area (Å²) in [6, 6.07) is 15.7. The first-order valence-corrected chi connectivity index (χ1v) is 12.4. The van der Waals surface area contributed by atoms with Gasteiger partial charge >= 0.3 is 0 Å². The van der Waals surface area contributed by atoms with Gasteiger partial charge in [0, 0.05) is 11.2 Å². The fraction of sp³-hybridized carbons (Fsp3) is 0.321. The van der Waals surface area contributed by atoms with Crippen LogP contribution in [0.5, 0.6) is 5.75 Å². The van der Waals surface area contributed by atoms with E-state index in [0.717, 1.165) is 31.5 Å². The van der Waals surface area contributed by atoms with E-state index in [1.807, 2.05) is 12.1 Å². The molecule has 7 nitrogen and oxygen atoms in total. The van der Waals surface area contributed by atoms with Gasteiger partial charge in [0.2, 0.25) is 0 Å². The molecule has 1 aliphatic rings. The molecule has 2 aromatic carbocycles. The van der Waals surface area contributed by atoms with Gasteiger partial charge in [0.25, 0.3) is 11.8 Å². The second kappa shape index (κ2) is 12.4. The van der Waals surface area contributed by atoms with Crippen molar-refractivity contribution in [2.24, 2.45) is 0 Å². The number of hydrogen-bond donors (Lipinski definition) is 3. The number of nitrogens with zero attached hydrogens (tertiary/aromatic N) is 1. The van der Waals surface area contributed by atoms with E-state index in [-0.39, 0.29) is 35.4 Å². The number of aromatic nitrogens is 1. The summed E-state index contributed by atoms with van der Waals surface area (Å²) in [6.45, 7) is 8.12. The molecule has 196 valence electrons. The second-order valence-electron chi connectivity index (χ2n) is 9.84. The number of anilines is 2. The summed E-state index contributed by atoms with van der Waals surface area (Å²) >= 11 is 6.18. The van der Waals surface area contributed by atoms with Crippen LogP contribution in [-0.4, -0.2) is 36.0 Å². The van der Waals surface area contributed by atoms with Crippen LogP contribution in [0, 0.1) is 0 Å². The fourth-order valence-corrected chi connectivity index (χ4v) is 4.16. The molecular formula is C28H32Cl2N4O3. The third kappa shape index (κ3) is 7.44. The molecular weight excluding hydrogens is 511 g/mol. The van der Waals surface area contributed by atoms with Crippen LogP contribution in [0.1, 0.15) is 59.9 Å². The van der Waals surface area contributed by atoms with E-state index in [0.29, 0.717) is 27.8 Å². The number of rotatable bonds is 6. The third-order valence-electron chi connectivity index (χ3n) is 6.05. The van der Waals surface area contributed by atoms with Crippen LogP contribution in [-0.2, 0) is 5.41 Å². The largest absolute Gasteiger partial charge is 0.489 e. The van der Waals surface area contributed by atoms with Crippen molar-refractivity contribution >= 4 is 47.3 Å². The molecule has 1 aliphatic heterocycles. The van der Waals surface area contributed by atoms with E-state index in [1.165, 1.54) is 6.07 Å². The Morgan fingerprint density at radius 1 is 0.973 bits per heavy atom. The molecule has 9 heteroatoms. The normalized spacial score (nSPS) is 13.8. The molecule has 0 saturated carbocycles. The van der Waals surface area contributed by atoms with Gasteiger partial charge in [-0.1, -0.05) is 44.5 Å². The van der Waals surface area contributed by atoms with Gasteiger partial charge in [0.05, 0.1) is 16.8 Å². The predicted molar refractivity (Wildman–Crippen MR) is 151 cm³/mol. The number of nitrogens with one attached hydrogen (secondary N) is 3. The average Bonchev–Trinajstić information content (AvgIpc) is 2.85. The summed E-state index contributed by atoms with van der Waals surface area (Å²) in [7, 11) is 0. The Hall–Kier alpha value is -3.13. The summed E-state index contributed by atoms with van der Waals surface area (Å²) in [5.74, 6) is 0.143. The first-order valence-electron chi connectivity index (χ1n) is 12.1. The molecule has 1 saturated heterocycles. The van der Waals surface area contributed by atoms with E-state index in [4.69, 9.17) is 16.3 Å². The minimum absolute atomic E-state index is 0. The van der Waals surface area contributed by atoms with Crippen LogP contribution in [0.15, 0.2) is 60.8 Å². The van der Waals surface area contributed by atoms with E-state index < -0.39 is 5.91 Å². The van der Waals surface area contributed by atoms with E-state index in [2.05, 4.69) is 41.7 Å². The lowest BCUT2D eigenvalue weighted by molar-refractivity contribution is 0.101. The number of benzene rings is 2. The Bertz CT molecular complexity index is 1240. The highest BCUT2D eigenvalue weighted by Crippen LogP contribution is 2.31. The van der Waals surface area contributed by atoms with Gasteiger partial charge < -0.3 is 20.7 Å². The quantitative estimate of drug-likeness (QED) is 0.350. The van der Waals surface area contributed by atoms with Crippen LogP contribution in [0.3, 0.4) is 0 Å². The fourth-order valence-electron chi connectivity index (χ4n) is 3.99. The van der Waals surface area contributed by atoms with Gasteiger partial charge in [-0.2, -0.15) is 0 Å². The summed E-state index contributed by atoms with van der Waals surface area (Å²) in [5.41, 5.74) is 1.95. The topological polar surface area (TPSA) is 92.4 Å². The zero-order chi connectivity index (χ0) is 25.7. The highest BCUT2D eigenvalue weighted by molar-refractivity contribution is 6.31. The lowest BCUT2D eigenvalue weighted by Gasteiger charge is -2.27. The van der Waals surface area contributed by atoms with Gasteiger partial charge in [0.15, 0.2) is 0 Å². The molecule has 0 radical (unpaired) electrons. The van der Waals surface area contributed by atoms with Crippen LogP contribution >= 0.6 is 24.0 Å². The van der Waals surface area contributed by atoms with Crippen molar-refractivity contribution in [3.05, 3.63) is 82.5 Å². The first-order chi connectivity index (χ1) is 17.2. The summed E-state index contributed by atoms with van der Waals surface area (Å²) in [5, 5.41) is 9.33. The lowest BCUT2D eigenvalue weighted by Crippen LogP contribution is -2.34. The van der Waals surface area contributed by atoms with Gasteiger partial charge in [0.1, 0.15) is 17.7 Å². The highest BCUT2D eigenvalue weighted by Gasteiger charge is 2.24. The molecule has 0 aliphatic carbocycles. The zero-order valence-corrected chi connectivity index (χ0v) is 22.7. The Morgan fingerprint density at radius 3 is 2.38 bits per heavy atom. The van der Waals surface area contributed by atoms with E-state index >= 15 is 0 Å². The van der Waals surface area contributed by atoms with Crippen molar-refractivity contribution in [2.45, 2.75) is 45.1 Å². The van der Waals surface area contributed by atoms with Crippen molar-refractivity contribution in [2.75, 3.05) is 23.7 Å². The number of carbonyl (C=O) groups excluding carboxylic acids is 2. The number of piperidine rings is 1. The van der Waals surface area contributed by atoms with Crippen LogP contribution < -0.4 is 20.7 Å². The summed E-state index contributed by atoms with van der Waals surface area (Å²) < 4.78 is 6.35. The first kappa shape index (κ1) is 28.4. The molecule has 2 heterocycles. The van der Waals surface area contributed by atoms with Crippen LogP contribution in [0.25, 0.3) is 0 Å². The van der Waals surface area contributed by atoms with E-state index in [9.17, 15) is 9.59 Å². The Labute approximate surface area is 228 Å². The number of pyridine rings is 1. The van der Waals surface area contributed by atoms with Crippen molar-refractivity contribution in [1.29, 1.82) is 0 Å². The van der Waals surface area contributed by atoms with Crippen molar-refractivity contribution in [3.63, 3.8) is 0 Å². The molecule has 3 aromatic rings. The monoisotopic (exact) mass is 542 g/mol. The minimum atomic E-state index is -0.430. The number of carbonyl (C=O) groups is 2. The standard InChI is InChI=1S/C28H31ClN4O3.ClH/c1-28(2,3)18-7-9-21(24(16-18)36-20-11-14-30-15-12-20)26(34)32-23-10-8-19(29)17-22(23)27(35)33-25-6-4-5-13-31-25;/h4-10,13,16-17,20,30H,11-12,14-15H2,1-3H3,(H,32,34)(H,31,33,35);1H. The van der Waals surface area contributed by atoms with Crippen LogP contribution in [0.2, 0.25) is 5.02 Å². The average molecular weight is 543 g/mol. The Kier molecular flexibility index (Phi) is 9.54. The maximum absolute atomic E-state index is 13.5. The zero-order valence-electron chi connectivity index (χ0n) is 21.1. The maximum atomic E-state index is 13.5. The Morgan fingerprint density at radius 2 is 1.70 bits per heavy atom. The molecule has 0 bridgehead atoms. The van der Waals surface area contributed by atoms with Gasteiger partial charge in [-0.25, -0.2) is 4.98 Å². The van der Waals surface area contributed by atoms with Crippen molar-refractivity contribution in [1.82, 2.24) is 10.3 Å². The molecule has 0 unspecified atom stereocenters. The minimum Gasteiger partial charge on any atom is -0.489 e. The Balaban J connectivity index is 0.00000380. The maximum Gasteiger partial charge on any atom is 0.259 e. The summed E-state index contributed by atoms with van der Waals surface area (Å²) in [6.07, 6.45) is 3.36. The van der Waals surface area contributed by atoms with Crippen molar-refractivity contribution < 1.29 is 14.3 Å². The number of amides is 2. The van der Waals surface area contributed by atoms with E-state index in [1.54, 1.807) is 42.6 Å². The summed E-state index contributed by atoms with van der Waals surface area (Å²) in [4.78, 5) is 30.6.